The molecular formula is C17H19N5O2. The first-order valence-electron chi connectivity index (χ1n) is 7.60. The van der Waals surface area contributed by atoms with Gasteiger partial charge in [-0.05, 0) is 46.2 Å². The normalized spacial score (nSPS) is 10.9. The Balaban J connectivity index is 1.81. The second-order valence-corrected chi connectivity index (χ2v) is 5.76. The zero-order valence-corrected chi connectivity index (χ0v) is 14.3. The van der Waals surface area contributed by atoms with Crippen LogP contribution in [-0.4, -0.2) is 25.7 Å². The Morgan fingerprint density at radius 2 is 1.79 bits per heavy atom. The fourth-order valence-corrected chi connectivity index (χ4v) is 2.47. The Morgan fingerprint density at radius 3 is 2.29 bits per heavy atom. The first kappa shape index (κ1) is 15.9. The molecule has 7 heteroatoms. The van der Waals surface area contributed by atoms with Crippen molar-refractivity contribution in [1.82, 2.24) is 19.7 Å². The highest BCUT2D eigenvalue weighted by molar-refractivity contribution is 6.04. The summed E-state index contributed by atoms with van der Waals surface area (Å²) in [5, 5.41) is 7.19. The van der Waals surface area contributed by atoms with Gasteiger partial charge in [-0.15, -0.1) is 0 Å². The number of carbonyl (C=O) groups excluding carboxylic acids is 1. The molecule has 3 rings (SSSR count). The lowest BCUT2D eigenvalue weighted by Crippen LogP contribution is -2.13. The molecule has 1 amide bonds. The zero-order valence-electron chi connectivity index (χ0n) is 14.3. The number of furan rings is 1. The minimum Gasteiger partial charge on any atom is -0.466 e. The van der Waals surface area contributed by atoms with Crippen LogP contribution in [0, 0.1) is 34.6 Å². The van der Waals surface area contributed by atoms with E-state index < -0.39 is 0 Å². The summed E-state index contributed by atoms with van der Waals surface area (Å²) in [5.41, 5.74) is 4.07. The highest BCUT2D eigenvalue weighted by Gasteiger charge is 2.15. The number of nitrogens with one attached hydrogen (secondary N) is 1. The molecule has 0 saturated carbocycles. The number of carbonyl (C=O) groups is 1. The standard InChI is InChI=1S/C17H19N5O2/c1-9-6-15(13(5)24-9)16(23)20-14-7-18-17(19-8-14)22-12(4)10(2)11(3)21-22/h6-8H,1-5H3,(H,20,23). The van der Waals surface area contributed by atoms with E-state index in [1.807, 2.05) is 20.8 Å². The van der Waals surface area contributed by atoms with Crippen LogP contribution < -0.4 is 5.32 Å². The Labute approximate surface area is 139 Å². The molecule has 0 bridgehead atoms. The lowest BCUT2D eigenvalue weighted by Gasteiger charge is -2.06. The fraction of sp³-hybridized carbons (Fsp3) is 0.294. The molecule has 0 aliphatic carbocycles. The van der Waals surface area contributed by atoms with Crippen molar-refractivity contribution in [2.45, 2.75) is 34.6 Å². The monoisotopic (exact) mass is 325 g/mol. The van der Waals surface area contributed by atoms with E-state index in [4.69, 9.17) is 4.42 Å². The van der Waals surface area contributed by atoms with Crippen molar-refractivity contribution in [3.63, 3.8) is 0 Å². The molecule has 0 spiro atoms. The highest BCUT2D eigenvalue weighted by atomic mass is 16.3. The maximum absolute atomic E-state index is 12.3. The third kappa shape index (κ3) is 2.80. The molecule has 1 N–H and O–H groups in total. The van der Waals surface area contributed by atoms with E-state index in [0.29, 0.717) is 28.7 Å². The second kappa shape index (κ2) is 5.92. The lowest BCUT2D eigenvalue weighted by atomic mass is 10.2. The van der Waals surface area contributed by atoms with Crippen LogP contribution in [0.15, 0.2) is 22.9 Å². The summed E-state index contributed by atoms with van der Waals surface area (Å²) in [5.74, 6) is 1.50. The number of anilines is 1. The topological polar surface area (TPSA) is 85.8 Å². The van der Waals surface area contributed by atoms with Crippen molar-refractivity contribution < 1.29 is 9.21 Å². The summed E-state index contributed by atoms with van der Waals surface area (Å²) >= 11 is 0. The molecule has 0 aliphatic heterocycles. The molecule has 0 radical (unpaired) electrons. The Morgan fingerprint density at radius 1 is 1.12 bits per heavy atom. The maximum Gasteiger partial charge on any atom is 0.259 e. The SMILES string of the molecule is Cc1cc(C(=O)Nc2cnc(-n3nc(C)c(C)c3C)nc2)c(C)o1. The van der Waals surface area contributed by atoms with E-state index >= 15 is 0 Å². The van der Waals surface area contributed by atoms with Gasteiger partial charge in [0, 0.05) is 5.69 Å². The van der Waals surface area contributed by atoms with E-state index in [-0.39, 0.29) is 5.91 Å². The lowest BCUT2D eigenvalue weighted by molar-refractivity contribution is 0.102. The quantitative estimate of drug-likeness (QED) is 0.800. The molecule has 0 unspecified atom stereocenters. The largest absolute Gasteiger partial charge is 0.466 e. The third-order valence-corrected chi connectivity index (χ3v) is 4.02. The third-order valence-electron chi connectivity index (χ3n) is 4.02. The highest BCUT2D eigenvalue weighted by Crippen LogP contribution is 2.17. The van der Waals surface area contributed by atoms with Crippen LogP contribution in [0.5, 0.6) is 0 Å². The van der Waals surface area contributed by atoms with Crippen molar-refractivity contribution in [3.8, 4) is 5.95 Å². The van der Waals surface area contributed by atoms with E-state index in [9.17, 15) is 4.79 Å². The van der Waals surface area contributed by atoms with Gasteiger partial charge in [0.25, 0.3) is 11.9 Å². The molecule has 0 fully saturated rings. The second-order valence-electron chi connectivity index (χ2n) is 5.76. The van der Waals surface area contributed by atoms with Crippen molar-refractivity contribution in [2.75, 3.05) is 5.32 Å². The number of nitrogens with zero attached hydrogens (tertiary/aromatic N) is 4. The van der Waals surface area contributed by atoms with Gasteiger partial charge in [0.2, 0.25) is 0 Å². The molecule has 0 atom stereocenters. The number of hydrogen-bond acceptors (Lipinski definition) is 5. The molecule has 3 aromatic rings. The van der Waals surface area contributed by atoms with E-state index in [1.54, 1.807) is 37.0 Å². The van der Waals surface area contributed by atoms with Gasteiger partial charge in [-0.25, -0.2) is 14.6 Å². The average Bonchev–Trinajstić information content (AvgIpc) is 3.02. The van der Waals surface area contributed by atoms with E-state index in [1.165, 1.54) is 0 Å². The summed E-state index contributed by atoms with van der Waals surface area (Å²) in [6, 6.07) is 1.71. The number of aromatic nitrogens is 4. The van der Waals surface area contributed by atoms with Crippen LogP contribution in [0.3, 0.4) is 0 Å². The zero-order chi connectivity index (χ0) is 17.4. The number of aryl methyl sites for hydroxylation is 3. The molecule has 3 aromatic heterocycles. The van der Waals surface area contributed by atoms with Gasteiger partial charge >= 0.3 is 0 Å². The first-order valence-corrected chi connectivity index (χ1v) is 7.60. The summed E-state index contributed by atoms with van der Waals surface area (Å²) in [6.07, 6.45) is 3.13. The first-order chi connectivity index (χ1) is 11.4. The van der Waals surface area contributed by atoms with Gasteiger partial charge < -0.3 is 9.73 Å². The number of hydrogen-bond donors (Lipinski definition) is 1. The van der Waals surface area contributed by atoms with Crippen LogP contribution in [0.1, 0.15) is 38.8 Å². The summed E-state index contributed by atoms with van der Waals surface area (Å²) in [6.45, 7) is 9.49. The summed E-state index contributed by atoms with van der Waals surface area (Å²) in [4.78, 5) is 20.8. The molecule has 0 aliphatic rings. The fourth-order valence-electron chi connectivity index (χ4n) is 2.47. The molecule has 7 nitrogen and oxygen atoms in total. The average molecular weight is 325 g/mol. The van der Waals surface area contributed by atoms with Crippen molar-refractivity contribution in [3.05, 3.63) is 52.5 Å². The molecule has 124 valence electrons. The van der Waals surface area contributed by atoms with Crippen LogP contribution in [0.2, 0.25) is 0 Å². The van der Waals surface area contributed by atoms with E-state index in [2.05, 4.69) is 20.4 Å². The van der Waals surface area contributed by atoms with Gasteiger partial charge in [-0.2, -0.15) is 5.10 Å². The predicted molar refractivity (Wildman–Crippen MR) is 89.5 cm³/mol. The molecular weight excluding hydrogens is 306 g/mol. The maximum atomic E-state index is 12.3. The summed E-state index contributed by atoms with van der Waals surface area (Å²) < 4.78 is 7.07. The molecule has 3 heterocycles. The predicted octanol–water partition coefficient (Wildman–Crippen LogP) is 3.05. The van der Waals surface area contributed by atoms with Gasteiger partial charge in [-0.3, -0.25) is 4.79 Å². The minimum absolute atomic E-state index is 0.248. The smallest absolute Gasteiger partial charge is 0.259 e. The van der Waals surface area contributed by atoms with Crippen LogP contribution in [0.25, 0.3) is 5.95 Å². The van der Waals surface area contributed by atoms with Crippen LogP contribution in [0.4, 0.5) is 5.69 Å². The van der Waals surface area contributed by atoms with Gasteiger partial charge in [0.1, 0.15) is 11.5 Å². The Hall–Kier alpha value is -2.96. The molecule has 24 heavy (non-hydrogen) atoms. The van der Waals surface area contributed by atoms with Crippen LogP contribution >= 0.6 is 0 Å². The molecule has 0 aromatic carbocycles. The van der Waals surface area contributed by atoms with Crippen molar-refractivity contribution in [2.24, 2.45) is 0 Å². The minimum atomic E-state index is -0.248. The van der Waals surface area contributed by atoms with Crippen molar-refractivity contribution >= 4 is 11.6 Å². The molecule has 0 saturated heterocycles. The van der Waals surface area contributed by atoms with E-state index in [0.717, 1.165) is 17.0 Å². The van der Waals surface area contributed by atoms with Gasteiger partial charge in [-0.1, -0.05) is 0 Å². The Kier molecular flexibility index (Phi) is 3.92. The van der Waals surface area contributed by atoms with Gasteiger partial charge in [0.15, 0.2) is 0 Å². The summed E-state index contributed by atoms with van der Waals surface area (Å²) in [7, 11) is 0. The number of rotatable bonds is 3. The van der Waals surface area contributed by atoms with Crippen molar-refractivity contribution in [1.29, 1.82) is 0 Å². The Bertz CT molecular complexity index is 906. The van der Waals surface area contributed by atoms with Crippen LogP contribution in [-0.2, 0) is 0 Å². The van der Waals surface area contributed by atoms with Gasteiger partial charge in [0.05, 0.1) is 29.3 Å². The number of amides is 1.